The van der Waals surface area contributed by atoms with Crippen molar-refractivity contribution in [2.75, 3.05) is 11.9 Å². The van der Waals surface area contributed by atoms with Crippen LogP contribution in [-0.4, -0.2) is 23.5 Å². The molecule has 1 aromatic carbocycles. The van der Waals surface area contributed by atoms with Crippen LogP contribution < -0.4 is 5.32 Å². The predicted octanol–water partition coefficient (Wildman–Crippen LogP) is 4.63. The highest BCUT2D eigenvalue weighted by Crippen LogP contribution is 2.36. The Hall–Kier alpha value is -3.50. The van der Waals surface area contributed by atoms with Crippen molar-refractivity contribution in [2.24, 2.45) is 0 Å². The van der Waals surface area contributed by atoms with Crippen LogP contribution in [-0.2, 0) is 27.2 Å². The van der Waals surface area contributed by atoms with Gasteiger partial charge in [-0.3, -0.25) is 4.79 Å². The van der Waals surface area contributed by atoms with Crippen molar-refractivity contribution in [3.8, 4) is 6.07 Å². The molecule has 156 valence electrons. The van der Waals surface area contributed by atoms with E-state index in [0.717, 1.165) is 48.6 Å². The number of esters is 1. The molecular formula is C24H21N3O3S. The van der Waals surface area contributed by atoms with Crippen LogP contribution in [0.25, 0.3) is 17.0 Å². The highest BCUT2D eigenvalue weighted by molar-refractivity contribution is 7.16. The van der Waals surface area contributed by atoms with Gasteiger partial charge in [-0.05, 0) is 49.5 Å². The van der Waals surface area contributed by atoms with E-state index in [0.29, 0.717) is 16.3 Å². The zero-order chi connectivity index (χ0) is 21.6. The highest BCUT2D eigenvalue weighted by atomic mass is 32.1. The molecule has 3 aromatic rings. The van der Waals surface area contributed by atoms with Crippen LogP contribution in [0.4, 0.5) is 5.00 Å². The molecule has 1 N–H and O–H groups in total. The summed E-state index contributed by atoms with van der Waals surface area (Å²) < 4.78 is 5.04. The summed E-state index contributed by atoms with van der Waals surface area (Å²) in [6, 6.07) is 13.7. The molecule has 4 rings (SSSR count). The molecule has 6 nitrogen and oxygen atoms in total. The lowest BCUT2D eigenvalue weighted by atomic mass is 10.1. The summed E-state index contributed by atoms with van der Waals surface area (Å²) in [6.45, 7) is -0.415. The maximum absolute atomic E-state index is 12.3. The van der Waals surface area contributed by atoms with Crippen molar-refractivity contribution in [3.05, 3.63) is 64.2 Å². The molecule has 2 heterocycles. The standard InChI is InChI=1S/C24H21N3O3S/c25-14-19-18-7-2-1-3-9-21(18)31-24(19)27-22(28)15-30-23(29)13-12-17-11-10-16-6-4-5-8-20(16)26-17/h4-6,8,10-13H,1-3,7,9,15H2,(H,27,28)/b13-12+. The SMILES string of the molecule is N#Cc1c(NC(=O)COC(=O)/C=C/c2ccc3ccccc3n2)sc2c1CCCCC2. The average molecular weight is 432 g/mol. The predicted molar refractivity (Wildman–Crippen MR) is 121 cm³/mol. The van der Waals surface area contributed by atoms with Crippen LogP contribution in [0.2, 0.25) is 0 Å². The normalized spacial score (nSPS) is 13.4. The number of aryl methyl sites for hydroxylation is 1. The van der Waals surface area contributed by atoms with Gasteiger partial charge in [0.15, 0.2) is 6.61 Å². The van der Waals surface area contributed by atoms with Crippen molar-refractivity contribution >= 4 is 45.2 Å². The van der Waals surface area contributed by atoms with Crippen molar-refractivity contribution in [2.45, 2.75) is 32.1 Å². The fraction of sp³-hybridized carbons (Fsp3) is 0.250. The van der Waals surface area contributed by atoms with Gasteiger partial charge in [0.05, 0.1) is 16.8 Å². The number of ether oxygens (including phenoxy) is 1. The molecule has 31 heavy (non-hydrogen) atoms. The number of amides is 1. The van der Waals surface area contributed by atoms with Crippen molar-refractivity contribution in [3.63, 3.8) is 0 Å². The van der Waals surface area contributed by atoms with E-state index in [1.807, 2.05) is 36.4 Å². The Kier molecular flexibility index (Phi) is 6.39. The van der Waals surface area contributed by atoms with Gasteiger partial charge in [-0.1, -0.05) is 30.7 Å². The first kappa shape index (κ1) is 20.8. The molecule has 2 aromatic heterocycles. The van der Waals surface area contributed by atoms with Gasteiger partial charge < -0.3 is 10.1 Å². The summed E-state index contributed by atoms with van der Waals surface area (Å²) >= 11 is 1.45. The number of pyridine rings is 1. The first-order chi connectivity index (χ1) is 15.1. The number of anilines is 1. The number of nitrogens with zero attached hydrogens (tertiary/aromatic N) is 2. The minimum Gasteiger partial charge on any atom is -0.452 e. The summed E-state index contributed by atoms with van der Waals surface area (Å²) in [5.41, 5.74) is 3.06. The molecule has 0 spiro atoms. The molecule has 0 unspecified atom stereocenters. The fourth-order valence-corrected chi connectivity index (χ4v) is 4.88. The van der Waals surface area contributed by atoms with Gasteiger partial charge in [0.2, 0.25) is 0 Å². The summed E-state index contributed by atoms with van der Waals surface area (Å²) in [6.07, 6.45) is 7.92. The number of carbonyl (C=O) groups is 2. The van der Waals surface area contributed by atoms with Crippen LogP contribution in [0.5, 0.6) is 0 Å². The number of benzene rings is 1. The zero-order valence-electron chi connectivity index (χ0n) is 16.9. The molecule has 1 aliphatic carbocycles. The van der Waals surface area contributed by atoms with Gasteiger partial charge in [0.1, 0.15) is 11.1 Å². The van der Waals surface area contributed by atoms with E-state index in [-0.39, 0.29) is 0 Å². The number of thiophene rings is 1. The molecular weight excluding hydrogens is 410 g/mol. The van der Waals surface area contributed by atoms with Crippen LogP contribution in [0.1, 0.15) is 41.0 Å². The number of hydrogen-bond donors (Lipinski definition) is 1. The Morgan fingerprint density at radius 2 is 2.00 bits per heavy atom. The number of rotatable bonds is 5. The molecule has 7 heteroatoms. The van der Waals surface area contributed by atoms with Gasteiger partial charge in [-0.2, -0.15) is 5.26 Å². The Balaban J connectivity index is 1.34. The molecule has 0 atom stereocenters. The Labute approximate surface area is 184 Å². The lowest BCUT2D eigenvalue weighted by molar-refractivity contribution is -0.142. The third-order valence-corrected chi connectivity index (χ3v) is 6.35. The summed E-state index contributed by atoms with van der Waals surface area (Å²) in [7, 11) is 0. The monoisotopic (exact) mass is 431 g/mol. The van der Waals surface area contributed by atoms with Crippen molar-refractivity contribution in [1.29, 1.82) is 5.26 Å². The first-order valence-electron chi connectivity index (χ1n) is 10.2. The van der Waals surface area contributed by atoms with E-state index >= 15 is 0 Å². The summed E-state index contributed by atoms with van der Waals surface area (Å²) in [5.74, 6) is -1.09. The van der Waals surface area contributed by atoms with E-state index in [4.69, 9.17) is 4.74 Å². The second kappa shape index (κ2) is 9.54. The summed E-state index contributed by atoms with van der Waals surface area (Å²) in [4.78, 5) is 29.9. The van der Waals surface area contributed by atoms with Crippen LogP contribution in [0, 0.1) is 11.3 Å². The number of nitrogens with one attached hydrogen (secondary N) is 1. The number of carbonyl (C=O) groups excluding carboxylic acids is 2. The van der Waals surface area contributed by atoms with Gasteiger partial charge >= 0.3 is 5.97 Å². The number of nitriles is 1. The van der Waals surface area contributed by atoms with E-state index in [1.54, 1.807) is 6.08 Å². The van der Waals surface area contributed by atoms with Crippen molar-refractivity contribution < 1.29 is 14.3 Å². The molecule has 0 radical (unpaired) electrons. The number of aromatic nitrogens is 1. The summed E-state index contributed by atoms with van der Waals surface area (Å²) in [5, 5.41) is 13.8. The van der Waals surface area contributed by atoms with Crippen molar-refractivity contribution in [1.82, 2.24) is 4.98 Å². The Morgan fingerprint density at radius 3 is 2.87 bits per heavy atom. The Morgan fingerprint density at radius 1 is 1.16 bits per heavy atom. The van der Waals surface area contributed by atoms with Gasteiger partial charge in [0.25, 0.3) is 5.91 Å². The molecule has 1 aliphatic rings. The first-order valence-corrected chi connectivity index (χ1v) is 11.0. The maximum atomic E-state index is 12.3. The minimum absolute atomic E-state index is 0.415. The lowest BCUT2D eigenvalue weighted by Crippen LogP contribution is -2.20. The molecule has 1 amide bonds. The van der Waals surface area contributed by atoms with Crippen LogP contribution in [0.15, 0.2) is 42.5 Å². The number of hydrogen-bond acceptors (Lipinski definition) is 6. The van der Waals surface area contributed by atoms with E-state index in [2.05, 4.69) is 16.4 Å². The quantitative estimate of drug-likeness (QED) is 0.361. The second-order valence-electron chi connectivity index (χ2n) is 7.30. The zero-order valence-corrected chi connectivity index (χ0v) is 17.7. The number of fused-ring (bicyclic) bond motifs is 2. The highest BCUT2D eigenvalue weighted by Gasteiger charge is 2.21. The van der Waals surface area contributed by atoms with E-state index < -0.39 is 18.5 Å². The topological polar surface area (TPSA) is 92.1 Å². The smallest absolute Gasteiger partial charge is 0.331 e. The largest absolute Gasteiger partial charge is 0.452 e. The van der Waals surface area contributed by atoms with E-state index in [1.165, 1.54) is 22.3 Å². The maximum Gasteiger partial charge on any atom is 0.331 e. The third kappa shape index (κ3) is 4.98. The molecule has 0 saturated carbocycles. The molecule has 0 fully saturated rings. The van der Waals surface area contributed by atoms with Gasteiger partial charge in [-0.25, -0.2) is 9.78 Å². The van der Waals surface area contributed by atoms with Gasteiger partial charge in [-0.15, -0.1) is 11.3 Å². The van der Waals surface area contributed by atoms with Gasteiger partial charge in [0, 0.05) is 16.3 Å². The Bertz CT molecular complexity index is 1210. The molecule has 0 bridgehead atoms. The lowest BCUT2D eigenvalue weighted by Gasteiger charge is -2.04. The van der Waals surface area contributed by atoms with Crippen LogP contribution >= 0.6 is 11.3 Å². The molecule has 0 aliphatic heterocycles. The average Bonchev–Trinajstić information content (AvgIpc) is 2.94. The molecule has 0 saturated heterocycles. The fourth-order valence-electron chi connectivity index (χ4n) is 3.62. The van der Waals surface area contributed by atoms with Crippen LogP contribution in [0.3, 0.4) is 0 Å². The van der Waals surface area contributed by atoms with E-state index in [9.17, 15) is 14.9 Å². The second-order valence-corrected chi connectivity index (χ2v) is 8.40. The number of para-hydroxylation sites is 1. The minimum atomic E-state index is -0.632. The third-order valence-electron chi connectivity index (χ3n) is 5.14.